The summed E-state index contributed by atoms with van der Waals surface area (Å²) in [4.78, 5) is 0. The van der Waals surface area contributed by atoms with Crippen molar-refractivity contribution in [2.45, 2.75) is 51.0 Å². The van der Waals surface area contributed by atoms with Crippen LogP contribution in [0.1, 0.15) is 55.8 Å². The van der Waals surface area contributed by atoms with E-state index in [-0.39, 0.29) is 0 Å². The maximum absolute atomic E-state index is 9.52. The molecule has 0 saturated heterocycles. The molecule has 2 aliphatic rings. The predicted octanol–water partition coefficient (Wildman–Crippen LogP) is 2.19. The van der Waals surface area contributed by atoms with Crippen molar-refractivity contribution in [2.24, 2.45) is 18.9 Å². The Morgan fingerprint density at radius 3 is 2.85 bits per heavy atom. The number of nitrogens with zero attached hydrogens (tertiary/aromatic N) is 2. The van der Waals surface area contributed by atoms with Crippen LogP contribution in [-0.2, 0) is 13.5 Å². The van der Waals surface area contributed by atoms with Crippen molar-refractivity contribution >= 4 is 0 Å². The second-order valence-corrected chi connectivity index (χ2v) is 6.51. The molecule has 112 valence electrons. The normalized spacial score (nSPS) is 30.2. The number of nitrogens with one attached hydrogen (secondary N) is 1. The summed E-state index contributed by atoms with van der Waals surface area (Å²) in [5.74, 6) is 1.16. The second kappa shape index (κ2) is 6.27. The van der Waals surface area contributed by atoms with E-state index in [4.69, 9.17) is 0 Å². The van der Waals surface area contributed by atoms with Gasteiger partial charge < -0.3 is 10.4 Å². The molecule has 3 atom stereocenters. The van der Waals surface area contributed by atoms with Crippen molar-refractivity contribution in [3.8, 4) is 0 Å². The van der Waals surface area contributed by atoms with Crippen molar-refractivity contribution in [3.05, 3.63) is 17.5 Å². The minimum atomic E-state index is 0.356. The minimum Gasteiger partial charge on any atom is -0.396 e. The molecule has 0 amide bonds. The van der Waals surface area contributed by atoms with E-state index in [0.29, 0.717) is 24.5 Å². The van der Waals surface area contributed by atoms with Gasteiger partial charge in [-0.15, -0.1) is 0 Å². The van der Waals surface area contributed by atoms with Gasteiger partial charge in [0.1, 0.15) is 0 Å². The first-order chi connectivity index (χ1) is 9.79. The van der Waals surface area contributed by atoms with Crippen molar-refractivity contribution in [3.63, 3.8) is 0 Å². The van der Waals surface area contributed by atoms with Crippen LogP contribution in [0.5, 0.6) is 0 Å². The Kier molecular flexibility index (Phi) is 4.41. The monoisotopic (exact) mass is 277 g/mol. The molecule has 2 N–H and O–H groups in total. The third-order valence-electron chi connectivity index (χ3n) is 5.30. The van der Waals surface area contributed by atoms with Gasteiger partial charge in [-0.3, -0.25) is 4.68 Å². The zero-order chi connectivity index (χ0) is 13.9. The highest BCUT2D eigenvalue weighted by Crippen LogP contribution is 2.32. The topological polar surface area (TPSA) is 50.1 Å². The average Bonchev–Trinajstić information content (AvgIpc) is 2.88. The average molecular weight is 277 g/mol. The van der Waals surface area contributed by atoms with Gasteiger partial charge >= 0.3 is 0 Å². The van der Waals surface area contributed by atoms with Crippen LogP contribution in [0, 0.1) is 11.8 Å². The Labute approximate surface area is 121 Å². The number of aryl methyl sites for hydroxylation is 1. The van der Waals surface area contributed by atoms with Crippen LogP contribution in [0.25, 0.3) is 0 Å². The van der Waals surface area contributed by atoms with E-state index in [1.807, 2.05) is 17.9 Å². The highest BCUT2D eigenvalue weighted by atomic mass is 16.3. The lowest BCUT2D eigenvalue weighted by Gasteiger charge is -2.32. The largest absolute Gasteiger partial charge is 0.396 e. The lowest BCUT2D eigenvalue weighted by molar-refractivity contribution is 0.130. The first-order valence-electron chi connectivity index (χ1n) is 8.14. The van der Waals surface area contributed by atoms with Crippen LogP contribution < -0.4 is 5.32 Å². The molecule has 0 radical (unpaired) electrons. The van der Waals surface area contributed by atoms with Gasteiger partial charge in [-0.1, -0.05) is 12.8 Å². The van der Waals surface area contributed by atoms with E-state index >= 15 is 0 Å². The zero-order valence-electron chi connectivity index (χ0n) is 12.5. The molecular weight excluding hydrogens is 250 g/mol. The number of hydrogen-bond donors (Lipinski definition) is 2. The van der Waals surface area contributed by atoms with Crippen molar-refractivity contribution in [1.29, 1.82) is 0 Å². The lowest BCUT2D eigenvalue weighted by Crippen LogP contribution is -2.35. The SMILES string of the molecule is Cn1ncc2c1CCCC2NCC1CCCCC1CO. The van der Waals surface area contributed by atoms with E-state index in [0.717, 1.165) is 13.0 Å². The molecule has 0 aliphatic heterocycles. The summed E-state index contributed by atoms with van der Waals surface area (Å²) in [6.45, 7) is 1.40. The Hall–Kier alpha value is -0.870. The van der Waals surface area contributed by atoms with Crippen LogP contribution in [0.4, 0.5) is 0 Å². The second-order valence-electron chi connectivity index (χ2n) is 6.51. The summed E-state index contributed by atoms with van der Waals surface area (Å²) in [6, 6.07) is 0.466. The maximum Gasteiger partial charge on any atom is 0.0540 e. The molecule has 0 bridgehead atoms. The molecular formula is C16H27N3O. The molecule has 20 heavy (non-hydrogen) atoms. The van der Waals surface area contributed by atoms with Crippen molar-refractivity contribution in [2.75, 3.05) is 13.2 Å². The van der Waals surface area contributed by atoms with Crippen LogP contribution in [0.15, 0.2) is 6.20 Å². The van der Waals surface area contributed by atoms with Gasteiger partial charge in [0, 0.05) is 31.0 Å². The molecule has 0 aromatic carbocycles. The van der Waals surface area contributed by atoms with Crippen LogP contribution >= 0.6 is 0 Å². The molecule has 1 aromatic heterocycles. The highest BCUT2D eigenvalue weighted by Gasteiger charge is 2.27. The molecule has 0 spiro atoms. The molecule has 4 nitrogen and oxygen atoms in total. The van der Waals surface area contributed by atoms with E-state index in [9.17, 15) is 5.11 Å². The van der Waals surface area contributed by atoms with E-state index < -0.39 is 0 Å². The maximum atomic E-state index is 9.52. The first kappa shape index (κ1) is 14.1. The molecule has 3 unspecified atom stereocenters. The fraction of sp³-hybridized carbons (Fsp3) is 0.812. The summed E-state index contributed by atoms with van der Waals surface area (Å²) in [6.07, 6.45) is 10.7. The van der Waals surface area contributed by atoms with Crippen LogP contribution in [0.3, 0.4) is 0 Å². The van der Waals surface area contributed by atoms with Gasteiger partial charge in [0.25, 0.3) is 0 Å². The van der Waals surface area contributed by atoms with Gasteiger partial charge in [-0.25, -0.2) is 0 Å². The van der Waals surface area contributed by atoms with Gasteiger partial charge in [0.05, 0.1) is 6.20 Å². The standard InChI is InChI=1S/C16H27N3O/c1-19-16-8-4-7-15(14(16)10-18-19)17-9-12-5-2-3-6-13(12)11-20/h10,12-13,15,17,20H,2-9,11H2,1H3. The van der Waals surface area contributed by atoms with Crippen molar-refractivity contribution in [1.82, 2.24) is 15.1 Å². The van der Waals surface area contributed by atoms with Gasteiger partial charge in [0.15, 0.2) is 0 Å². The van der Waals surface area contributed by atoms with Crippen LogP contribution in [0.2, 0.25) is 0 Å². The van der Waals surface area contributed by atoms with E-state index in [1.54, 1.807) is 0 Å². The highest BCUT2D eigenvalue weighted by molar-refractivity contribution is 5.24. The Morgan fingerprint density at radius 2 is 2.05 bits per heavy atom. The van der Waals surface area contributed by atoms with Gasteiger partial charge in [-0.05, 0) is 50.5 Å². The Balaban J connectivity index is 1.61. The molecule has 1 aromatic rings. The van der Waals surface area contributed by atoms with E-state index in [1.165, 1.54) is 49.8 Å². The number of rotatable bonds is 4. The third-order valence-corrected chi connectivity index (χ3v) is 5.30. The third kappa shape index (κ3) is 2.77. The van der Waals surface area contributed by atoms with Crippen LogP contribution in [-0.4, -0.2) is 28.0 Å². The summed E-state index contributed by atoms with van der Waals surface area (Å²) in [7, 11) is 2.05. The summed E-state index contributed by atoms with van der Waals surface area (Å²) in [5.41, 5.74) is 2.80. The lowest BCUT2D eigenvalue weighted by atomic mass is 9.79. The van der Waals surface area contributed by atoms with E-state index in [2.05, 4.69) is 10.4 Å². The minimum absolute atomic E-state index is 0.356. The predicted molar refractivity (Wildman–Crippen MR) is 79.4 cm³/mol. The molecule has 3 rings (SSSR count). The molecule has 2 aliphatic carbocycles. The first-order valence-corrected chi connectivity index (χ1v) is 8.14. The van der Waals surface area contributed by atoms with Gasteiger partial charge in [-0.2, -0.15) is 5.10 Å². The number of aromatic nitrogens is 2. The molecule has 1 saturated carbocycles. The molecule has 1 fully saturated rings. The molecule has 4 heteroatoms. The number of fused-ring (bicyclic) bond motifs is 1. The van der Waals surface area contributed by atoms with Gasteiger partial charge in [0.2, 0.25) is 0 Å². The summed E-state index contributed by atoms with van der Waals surface area (Å²) >= 11 is 0. The summed E-state index contributed by atoms with van der Waals surface area (Å²) < 4.78 is 2.03. The number of hydrogen-bond acceptors (Lipinski definition) is 3. The fourth-order valence-electron chi connectivity index (χ4n) is 4.01. The zero-order valence-corrected chi connectivity index (χ0v) is 12.5. The molecule has 1 heterocycles. The number of aliphatic hydroxyl groups is 1. The fourth-order valence-corrected chi connectivity index (χ4v) is 4.01. The number of aliphatic hydroxyl groups excluding tert-OH is 1. The Bertz CT molecular complexity index is 443. The smallest absolute Gasteiger partial charge is 0.0540 e. The van der Waals surface area contributed by atoms with Crippen molar-refractivity contribution < 1.29 is 5.11 Å². The summed E-state index contributed by atoms with van der Waals surface area (Å²) in [5, 5.41) is 17.7. The Morgan fingerprint density at radius 1 is 1.25 bits per heavy atom. The quantitative estimate of drug-likeness (QED) is 0.887.